The smallest absolute Gasteiger partial charge is 0.255 e. The van der Waals surface area contributed by atoms with Crippen molar-refractivity contribution in [3.05, 3.63) is 34.1 Å². The summed E-state index contributed by atoms with van der Waals surface area (Å²) in [5.74, 6) is 1.45. The number of benzene rings is 1. The largest absolute Gasteiger partial charge is 0.352 e. The Balaban J connectivity index is 1.63. The molecule has 102 valence electrons. The summed E-state index contributed by atoms with van der Waals surface area (Å²) in [6, 6.07) is 4.60. The lowest BCUT2D eigenvalue weighted by atomic mass is 9.89. The summed E-state index contributed by atoms with van der Waals surface area (Å²) in [5.41, 5.74) is 0.116. The molecule has 1 aromatic carbocycles. The molecule has 1 amide bonds. The highest BCUT2D eigenvalue weighted by Gasteiger charge is 2.39. The van der Waals surface area contributed by atoms with Gasteiger partial charge >= 0.3 is 0 Å². The zero-order valence-corrected chi connectivity index (χ0v) is 12.2. The highest BCUT2D eigenvalue weighted by Crippen LogP contribution is 2.47. The Morgan fingerprint density at radius 1 is 1.37 bits per heavy atom. The second-order valence-corrected chi connectivity index (χ2v) is 6.60. The van der Waals surface area contributed by atoms with Crippen LogP contribution in [0.4, 0.5) is 4.39 Å². The van der Waals surface area contributed by atoms with Crippen LogP contribution in [0.15, 0.2) is 22.7 Å². The van der Waals surface area contributed by atoms with Crippen LogP contribution in [0.1, 0.15) is 36.0 Å². The van der Waals surface area contributed by atoms with E-state index < -0.39 is 5.82 Å². The summed E-state index contributed by atoms with van der Waals surface area (Å²) < 4.78 is 14.2. The van der Waals surface area contributed by atoms with Crippen LogP contribution >= 0.6 is 15.9 Å². The van der Waals surface area contributed by atoms with Gasteiger partial charge in [-0.25, -0.2) is 4.39 Å². The zero-order chi connectivity index (χ0) is 13.4. The standard InChI is InChI=1S/C15H17BrFNO/c16-12-2-1-3-13(17)14(12)15(19)18-8-11-7-9-4-5-10(11)6-9/h1-3,9-11H,4-8H2,(H,18,19). The lowest BCUT2D eigenvalue weighted by Crippen LogP contribution is -2.32. The highest BCUT2D eigenvalue weighted by atomic mass is 79.9. The summed E-state index contributed by atoms with van der Waals surface area (Å²) in [7, 11) is 0. The van der Waals surface area contributed by atoms with Crippen molar-refractivity contribution in [1.82, 2.24) is 5.32 Å². The predicted molar refractivity (Wildman–Crippen MR) is 75.4 cm³/mol. The van der Waals surface area contributed by atoms with Crippen molar-refractivity contribution >= 4 is 21.8 Å². The van der Waals surface area contributed by atoms with Gasteiger partial charge < -0.3 is 5.32 Å². The van der Waals surface area contributed by atoms with Crippen LogP contribution in [0.25, 0.3) is 0 Å². The molecule has 0 saturated heterocycles. The van der Waals surface area contributed by atoms with E-state index in [9.17, 15) is 9.18 Å². The summed E-state index contributed by atoms with van der Waals surface area (Å²) in [6.07, 6.45) is 5.20. The van der Waals surface area contributed by atoms with Crippen molar-refractivity contribution in [2.45, 2.75) is 25.7 Å². The Labute approximate surface area is 120 Å². The van der Waals surface area contributed by atoms with Gasteiger partial charge in [-0.3, -0.25) is 4.79 Å². The molecule has 2 bridgehead atoms. The number of carbonyl (C=O) groups excluding carboxylic acids is 1. The molecule has 2 saturated carbocycles. The number of rotatable bonds is 3. The maximum Gasteiger partial charge on any atom is 0.255 e. The van der Waals surface area contributed by atoms with E-state index in [4.69, 9.17) is 0 Å². The van der Waals surface area contributed by atoms with Crippen molar-refractivity contribution in [2.24, 2.45) is 17.8 Å². The molecule has 0 heterocycles. The van der Waals surface area contributed by atoms with Crippen LogP contribution in [-0.4, -0.2) is 12.5 Å². The number of fused-ring (bicyclic) bond motifs is 2. The van der Waals surface area contributed by atoms with Crippen LogP contribution in [-0.2, 0) is 0 Å². The van der Waals surface area contributed by atoms with Crippen LogP contribution < -0.4 is 5.32 Å². The quantitative estimate of drug-likeness (QED) is 0.900. The van der Waals surface area contributed by atoms with Gasteiger partial charge in [0.15, 0.2) is 0 Å². The first-order valence-electron chi connectivity index (χ1n) is 6.87. The first-order valence-corrected chi connectivity index (χ1v) is 7.66. The minimum Gasteiger partial charge on any atom is -0.352 e. The second-order valence-electron chi connectivity index (χ2n) is 5.74. The Bertz CT molecular complexity index is 485. The molecule has 1 N–H and O–H groups in total. The molecule has 0 aliphatic heterocycles. The average Bonchev–Trinajstić information content (AvgIpc) is 2.98. The molecule has 0 radical (unpaired) electrons. The summed E-state index contributed by atoms with van der Waals surface area (Å²) >= 11 is 3.23. The Kier molecular flexibility index (Phi) is 3.61. The van der Waals surface area contributed by atoms with Crippen molar-refractivity contribution < 1.29 is 9.18 Å². The molecule has 2 aliphatic carbocycles. The van der Waals surface area contributed by atoms with Crippen molar-refractivity contribution in [1.29, 1.82) is 0 Å². The first kappa shape index (κ1) is 13.1. The van der Waals surface area contributed by atoms with E-state index in [1.165, 1.54) is 31.7 Å². The third-order valence-corrected chi connectivity index (χ3v) is 5.26. The van der Waals surface area contributed by atoms with E-state index >= 15 is 0 Å². The molecule has 0 spiro atoms. The fourth-order valence-electron chi connectivity index (χ4n) is 3.65. The summed E-state index contributed by atoms with van der Waals surface area (Å²) in [6.45, 7) is 0.681. The van der Waals surface area contributed by atoms with E-state index in [0.717, 1.165) is 11.8 Å². The van der Waals surface area contributed by atoms with Gasteiger partial charge in [-0.2, -0.15) is 0 Å². The van der Waals surface area contributed by atoms with E-state index in [0.29, 0.717) is 16.9 Å². The first-order chi connectivity index (χ1) is 9.15. The fraction of sp³-hybridized carbons (Fsp3) is 0.533. The van der Waals surface area contributed by atoms with Crippen molar-refractivity contribution in [3.63, 3.8) is 0 Å². The van der Waals surface area contributed by atoms with Gasteiger partial charge in [0.1, 0.15) is 5.82 Å². The molecule has 3 atom stereocenters. The third kappa shape index (κ3) is 2.55. The topological polar surface area (TPSA) is 29.1 Å². The van der Waals surface area contributed by atoms with Crippen LogP contribution in [0.5, 0.6) is 0 Å². The number of halogens is 2. The molecule has 3 rings (SSSR count). The van der Waals surface area contributed by atoms with Gasteiger partial charge in [0.05, 0.1) is 5.56 Å². The zero-order valence-electron chi connectivity index (χ0n) is 10.7. The molecule has 3 unspecified atom stereocenters. The SMILES string of the molecule is O=C(NCC1CC2CCC1C2)c1c(F)cccc1Br. The number of nitrogens with one attached hydrogen (secondary N) is 1. The number of carbonyl (C=O) groups is 1. The Morgan fingerprint density at radius 2 is 2.21 bits per heavy atom. The van der Waals surface area contributed by atoms with Gasteiger partial charge in [0.25, 0.3) is 5.91 Å². The molecule has 4 heteroatoms. The molecular weight excluding hydrogens is 309 g/mol. The number of hydrogen-bond donors (Lipinski definition) is 1. The monoisotopic (exact) mass is 325 g/mol. The molecule has 19 heavy (non-hydrogen) atoms. The minimum atomic E-state index is -0.472. The van der Waals surface area contributed by atoms with Crippen LogP contribution in [0.3, 0.4) is 0 Å². The fourth-order valence-corrected chi connectivity index (χ4v) is 4.18. The number of hydrogen-bond acceptors (Lipinski definition) is 1. The summed E-state index contributed by atoms with van der Waals surface area (Å²) in [4.78, 5) is 12.1. The van der Waals surface area contributed by atoms with Gasteiger partial charge in [-0.1, -0.05) is 12.5 Å². The maximum atomic E-state index is 13.7. The third-order valence-electron chi connectivity index (χ3n) is 4.60. The van der Waals surface area contributed by atoms with E-state index in [1.54, 1.807) is 12.1 Å². The molecule has 1 aromatic rings. The Morgan fingerprint density at radius 3 is 2.84 bits per heavy atom. The molecule has 2 nitrogen and oxygen atoms in total. The predicted octanol–water partition coefficient (Wildman–Crippen LogP) is 3.75. The molecule has 2 aliphatic rings. The van der Waals surface area contributed by atoms with E-state index in [1.807, 2.05) is 0 Å². The lowest BCUT2D eigenvalue weighted by Gasteiger charge is -2.22. The molecular formula is C15H17BrFNO. The molecule has 0 aromatic heterocycles. The average molecular weight is 326 g/mol. The highest BCUT2D eigenvalue weighted by molar-refractivity contribution is 9.10. The van der Waals surface area contributed by atoms with Crippen LogP contribution in [0.2, 0.25) is 0 Å². The molecule has 2 fully saturated rings. The van der Waals surface area contributed by atoms with E-state index in [-0.39, 0.29) is 11.5 Å². The second kappa shape index (κ2) is 5.23. The van der Waals surface area contributed by atoms with Gasteiger partial charge in [-0.05, 0) is 65.1 Å². The van der Waals surface area contributed by atoms with Crippen molar-refractivity contribution in [2.75, 3.05) is 6.54 Å². The Hall–Kier alpha value is -0.900. The van der Waals surface area contributed by atoms with Crippen LogP contribution in [0, 0.1) is 23.6 Å². The van der Waals surface area contributed by atoms with Gasteiger partial charge in [0.2, 0.25) is 0 Å². The van der Waals surface area contributed by atoms with Crippen molar-refractivity contribution in [3.8, 4) is 0 Å². The maximum absolute atomic E-state index is 13.7. The van der Waals surface area contributed by atoms with E-state index in [2.05, 4.69) is 21.2 Å². The minimum absolute atomic E-state index is 0.116. The summed E-state index contributed by atoms with van der Waals surface area (Å²) in [5, 5.41) is 2.90. The normalized spacial score (nSPS) is 28.6. The lowest BCUT2D eigenvalue weighted by molar-refractivity contribution is 0.0937. The van der Waals surface area contributed by atoms with Gasteiger partial charge in [0, 0.05) is 11.0 Å². The number of amides is 1. The van der Waals surface area contributed by atoms with Gasteiger partial charge in [-0.15, -0.1) is 0 Å².